The molecule has 0 aromatic heterocycles. The molecule has 1 fully saturated rings. The Morgan fingerprint density at radius 2 is 2.00 bits per heavy atom. The van der Waals surface area contributed by atoms with Crippen LogP contribution in [0.2, 0.25) is 0 Å². The number of benzene rings is 1. The SMILES string of the molecule is CC1C(=O)NCCN1S(=O)(=O)Cc1ccccc1. The van der Waals surface area contributed by atoms with Crippen LogP contribution in [0.4, 0.5) is 0 Å². The average Bonchev–Trinajstić information content (AvgIpc) is 2.33. The van der Waals surface area contributed by atoms with Crippen molar-refractivity contribution in [1.82, 2.24) is 9.62 Å². The molecule has 5 nitrogen and oxygen atoms in total. The summed E-state index contributed by atoms with van der Waals surface area (Å²) in [6.07, 6.45) is 0. The van der Waals surface area contributed by atoms with Crippen LogP contribution in [0.15, 0.2) is 30.3 Å². The molecule has 1 heterocycles. The van der Waals surface area contributed by atoms with E-state index in [0.717, 1.165) is 5.56 Å². The predicted molar refractivity (Wildman–Crippen MR) is 68.2 cm³/mol. The normalized spacial score (nSPS) is 21.6. The van der Waals surface area contributed by atoms with E-state index < -0.39 is 16.1 Å². The van der Waals surface area contributed by atoms with Gasteiger partial charge in [-0.2, -0.15) is 4.31 Å². The summed E-state index contributed by atoms with van der Waals surface area (Å²) in [6.45, 7) is 2.32. The summed E-state index contributed by atoms with van der Waals surface area (Å²) in [7, 11) is -3.45. The van der Waals surface area contributed by atoms with Crippen LogP contribution in [0.3, 0.4) is 0 Å². The van der Waals surface area contributed by atoms with Crippen molar-refractivity contribution >= 4 is 15.9 Å². The number of nitrogens with one attached hydrogen (secondary N) is 1. The van der Waals surface area contributed by atoms with Crippen molar-refractivity contribution < 1.29 is 13.2 Å². The number of rotatable bonds is 3. The van der Waals surface area contributed by atoms with Crippen LogP contribution in [0, 0.1) is 0 Å². The standard InChI is InChI=1S/C12H16N2O3S/c1-10-12(15)13-7-8-14(10)18(16,17)9-11-5-3-2-4-6-11/h2-6,10H,7-9H2,1H3,(H,13,15). The lowest BCUT2D eigenvalue weighted by atomic mass is 10.2. The molecular weight excluding hydrogens is 252 g/mol. The van der Waals surface area contributed by atoms with Crippen LogP contribution in [0.5, 0.6) is 0 Å². The molecule has 98 valence electrons. The number of piperazine rings is 1. The van der Waals surface area contributed by atoms with E-state index in [4.69, 9.17) is 0 Å². The minimum Gasteiger partial charge on any atom is -0.353 e. The van der Waals surface area contributed by atoms with E-state index in [9.17, 15) is 13.2 Å². The van der Waals surface area contributed by atoms with Crippen molar-refractivity contribution in [1.29, 1.82) is 0 Å². The molecule has 6 heteroatoms. The topological polar surface area (TPSA) is 66.5 Å². The number of amides is 1. The molecule has 0 saturated carbocycles. The van der Waals surface area contributed by atoms with Gasteiger partial charge in [0.1, 0.15) is 6.04 Å². The zero-order valence-electron chi connectivity index (χ0n) is 10.2. The van der Waals surface area contributed by atoms with Crippen LogP contribution in [0.25, 0.3) is 0 Å². The molecule has 1 aromatic carbocycles. The molecule has 0 bridgehead atoms. The van der Waals surface area contributed by atoms with Crippen molar-refractivity contribution in [2.24, 2.45) is 0 Å². The first-order valence-electron chi connectivity index (χ1n) is 5.82. The number of hydrogen-bond acceptors (Lipinski definition) is 3. The van der Waals surface area contributed by atoms with E-state index in [1.807, 2.05) is 6.07 Å². The van der Waals surface area contributed by atoms with Crippen molar-refractivity contribution in [3.63, 3.8) is 0 Å². The lowest BCUT2D eigenvalue weighted by Crippen LogP contribution is -2.55. The molecule has 1 aliphatic rings. The molecule has 1 atom stereocenters. The van der Waals surface area contributed by atoms with Gasteiger partial charge in [0.15, 0.2) is 0 Å². The van der Waals surface area contributed by atoms with Crippen molar-refractivity contribution in [2.45, 2.75) is 18.7 Å². The highest BCUT2D eigenvalue weighted by atomic mass is 32.2. The van der Waals surface area contributed by atoms with E-state index in [2.05, 4.69) is 5.32 Å². The third-order valence-electron chi connectivity index (χ3n) is 2.99. The molecule has 2 rings (SSSR count). The lowest BCUT2D eigenvalue weighted by Gasteiger charge is -2.31. The Morgan fingerprint density at radius 1 is 1.33 bits per heavy atom. The van der Waals surface area contributed by atoms with Gasteiger partial charge in [0.05, 0.1) is 5.75 Å². The Morgan fingerprint density at radius 3 is 2.67 bits per heavy atom. The number of hydrogen-bond donors (Lipinski definition) is 1. The van der Waals surface area contributed by atoms with Gasteiger partial charge >= 0.3 is 0 Å². The fourth-order valence-electron chi connectivity index (χ4n) is 2.01. The van der Waals surface area contributed by atoms with Gasteiger partial charge in [-0.3, -0.25) is 4.79 Å². The summed E-state index contributed by atoms with van der Waals surface area (Å²) >= 11 is 0. The maximum Gasteiger partial charge on any atom is 0.238 e. The highest BCUT2D eigenvalue weighted by Gasteiger charge is 2.34. The zero-order valence-corrected chi connectivity index (χ0v) is 11.0. The Balaban J connectivity index is 2.18. The number of carbonyl (C=O) groups is 1. The molecule has 18 heavy (non-hydrogen) atoms. The molecular formula is C12H16N2O3S. The maximum atomic E-state index is 12.3. The molecule has 0 radical (unpaired) electrons. The highest BCUT2D eigenvalue weighted by Crippen LogP contribution is 2.15. The summed E-state index contributed by atoms with van der Waals surface area (Å²) in [6, 6.07) is 8.35. The zero-order chi connectivity index (χ0) is 13.2. The highest BCUT2D eigenvalue weighted by molar-refractivity contribution is 7.88. The monoisotopic (exact) mass is 268 g/mol. The molecule has 0 aliphatic carbocycles. The van der Waals surface area contributed by atoms with Crippen molar-refractivity contribution in [3.8, 4) is 0 Å². The third kappa shape index (κ3) is 2.70. The second kappa shape index (κ2) is 5.07. The third-order valence-corrected chi connectivity index (χ3v) is 4.90. The number of nitrogens with zero attached hydrogens (tertiary/aromatic N) is 1. The molecule has 1 unspecified atom stereocenters. The van der Waals surface area contributed by atoms with Crippen LogP contribution in [0.1, 0.15) is 12.5 Å². The van der Waals surface area contributed by atoms with Crippen LogP contribution >= 0.6 is 0 Å². The molecule has 1 aromatic rings. The number of carbonyl (C=O) groups excluding carboxylic acids is 1. The van der Waals surface area contributed by atoms with E-state index in [1.165, 1.54) is 4.31 Å². The first kappa shape index (κ1) is 13.0. The molecule has 0 spiro atoms. The van der Waals surface area contributed by atoms with E-state index >= 15 is 0 Å². The number of sulfonamides is 1. The average molecular weight is 268 g/mol. The largest absolute Gasteiger partial charge is 0.353 e. The van der Waals surface area contributed by atoms with E-state index in [1.54, 1.807) is 31.2 Å². The summed E-state index contributed by atoms with van der Waals surface area (Å²) < 4.78 is 25.8. The summed E-state index contributed by atoms with van der Waals surface area (Å²) in [4.78, 5) is 11.5. The Kier molecular flexibility index (Phi) is 3.68. The van der Waals surface area contributed by atoms with Gasteiger partial charge in [0.2, 0.25) is 15.9 Å². The molecule has 1 N–H and O–H groups in total. The van der Waals surface area contributed by atoms with Crippen molar-refractivity contribution in [3.05, 3.63) is 35.9 Å². The van der Waals surface area contributed by atoms with Gasteiger partial charge in [0.25, 0.3) is 0 Å². The van der Waals surface area contributed by atoms with Crippen LogP contribution < -0.4 is 5.32 Å². The van der Waals surface area contributed by atoms with E-state index in [-0.39, 0.29) is 11.7 Å². The van der Waals surface area contributed by atoms with Crippen LogP contribution in [-0.4, -0.2) is 37.8 Å². The van der Waals surface area contributed by atoms with Crippen LogP contribution in [-0.2, 0) is 20.6 Å². The molecule has 1 amide bonds. The van der Waals surface area contributed by atoms with Gasteiger partial charge in [-0.25, -0.2) is 8.42 Å². The first-order valence-corrected chi connectivity index (χ1v) is 7.43. The van der Waals surface area contributed by atoms with Gasteiger partial charge in [-0.1, -0.05) is 30.3 Å². The fraction of sp³-hybridized carbons (Fsp3) is 0.417. The minimum atomic E-state index is -3.45. The Hall–Kier alpha value is -1.40. The second-order valence-electron chi connectivity index (χ2n) is 4.32. The molecule has 1 saturated heterocycles. The Bertz CT molecular complexity index is 528. The van der Waals surface area contributed by atoms with Gasteiger partial charge in [-0.15, -0.1) is 0 Å². The smallest absolute Gasteiger partial charge is 0.238 e. The summed E-state index contributed by atoms with van der Waals surface area (Å²) in [5, 5.41) is 2.65. The lowest BCUT2D eigenvalue weighted by molar-refractivity contribution is -0.126. The predicted octanol–water partition coefficient (Wildman–Crippen LogP) is 0.337. The molecule has 1 aliphatic heterocycles. The van der Waals surface area contributed by atoms with Gasteiger partial charge in [-0.05, 0) is 12.5 Å². The minimum absolute atomic E-state index is 0.0640. The fourth-order valence-corrected chi connectivity index (χ4v) is 3.74. The maximum absolute atomic E-state index is 12.3. The Labute approximate surface area is 107 Å². The summed E-state index contributed by atoms with van der Waals surface area (Å²) in [5.74, 6) is -0.302. The van der Waals surface area contributed by atoms with Crippen molar-refractivity contribution in [2.75, 3.05) is 13.1 Å². The second-order valence-corrected chi connectivity index (χ2v) is 6.24. The van der Waals surface area contributed by atoms with Gasteiger partial charge in [0, 0.05) is 13.1 Å². The quantitative estimate of drug-likeness (QED) is 0.859. The van der Waals surface area contributed by atoms with Gasteiger partial charge < -0.3 is 5.32 Å². The van der Waals surface area contributed by atoms with E-state index in [0.29, 0.717) is 13.1 Å². The summed E-state index contributed by atoms with van der Waals surface area (Å²) in [5.41, 5.74) is 0.732. The first-order chi connectivity index (χ1) is 8.50.